The van der Waals surface area contributed by atoms with Crippen LogP contribution < -0.4 is 15.3 Å². The van der Waals surface area contributed by atoms with Crippen molar-refractivity contribution in [2.24, 2.45) is 0 Å². The van der Waals surface area contributed by atoms with Crippen LogP contribution in [0.5, 0.6) is 0 Å². The third-order valence-electron chi connectivity index (χ3n) is 6.19. The van der Waals surface area contributed by atoms with Gasteiger partial charge in [-0.1, -0.05) is 56.3 Å². The first-order valence-corrected chi connectivity index (χ1v) is 12.1. The standard InChI is InChI=1S/C26H29N2OP/c1-19-15-16-21(17-20(19)2)27-30(29,22-11-7-6-8-12-22)18-25-26(3,4)23-13-9-10-14-24(23)28(25)5/h6-18H,1-5H3,(H,27,29)/b25-18-. The molecule has 0 saturated heterocycles. The first-order valence-electron chi connectivity index (χ1n) is 10.3. The summed E-state index contributed by atoms with van der Waals surface area (Å²) in [6, 6.07) is 24.3. The number of allylic oxidation sites excluding steroid dienone is 1. The number of nitrogens with zero attached hydrogens (tertiary/aromatic N) is 1. The minimum Gasteiger partial charge on any atom is -0.347 e. The Morgan fingerprint density at radius 1 is 0.900 bits per heavy atom. The highest BCUT2D eigenvalue weighted by molar-refractivity contribution is 7.75. The van der Waals surface area contributed by atoms with Gasteiger partial charge in [0.25, 0.3) is 0 Å². The van der Waals surface area contributed by atoms with E-state index in [1.54, 1.807) is 0 Å². The van der Waals surface area contributed by atoms with E-state index in [-0.39, 0.29) is 5.41 Å². The highest BCUT2D eigenvalue weighted by atomic mass is 31.2. The Kier molecular flexibility index (Phi) is 5.11. The molecule has 3 aromatic rings. The van der Waals surface area contributed by atoms with Gasteiger partial charge in [0.15, 0.2) is 0 Å². The normalized spacial score (nSPS) is 18.2. The van der Waals surface area contributed by atoms with Crippen molar-refractivity contribution in [3.63, 3.8) is 0 Å². The highest BCUT2D eigenvalue weighted by Crippen LogP contribution is 2.54. The van der Waals surface area contributed by atoms with Crippen molar-refractivity contribution < 1.29 is 4.57 Å². The molecule has 3 nitrogen and oxygen atoms in total. The van der Waals surface area contributed by atoms with E-state index in [0.29, 0.717) is 0 Å². The van der Waals surface area contributed by atoms with Crippen molar-refractivity contribution in [3.05, 3.63) is 101 Å². The number of likely N-dealkylation sites (N-methyl/N-ethyl adjacent to an activating group) is 1. The molecule has 1 heterocycles. The number of rotatable bonds is 4. The van der Waals surface area contributed by atoms with Crippen molar-refractivity contribution in [2.45, 2.75) is 33.1 Å². The fourth-order valence-corrected chi connectivity index (χ4v) is 6.55. The molecule has 0 radical (unpaired) electrons. The maximum absolute atomic E-state index is 14.5. The zero-order valence-electron chi connectivity index (χ0n) is 18.3. The first kappa shape index (κ1) is 20.5. The largest absolute Gasteiger partial charge is 0.347 e. The molecule has 4 heteroatoms. The molecule has 30 heavy (non-hydrogen) atoms. The van der Waals surface area contributed by atoms with Crippen LogP contribution in [0.3, 0.4) is 0 Å². The van der Waals surface area contributed by atoms with Crippen LogP contribution in [-0.4, -0.2) is 7.05 Å². The molecular weight excluding hydrogens is 387 g/mol. The van der Waals surface area contributed by atoms with Crippen LogP contribution in [0.25, 0.3) is 0 Å². The second-order valence-electron chi connectivity index (χ2n) is 8.62. The van der Waals surface area contributed by atoms with Crippen molar-refractivity contribution in [2.75, 3.05) is 17.0 Å². The maximum Gasteiger partial charge on any atom is 0.221 e. The molecule has 3 aromatic carbocycles. The minimum absolute atomic E-state index is 0.235. The van der Waals surface area contributed by atoms with E-state index in [2.05, 4.69) is 81.1 Å². The molecule has 1 atom stereocenters. The van der Waals surface area contributed by atoms with E-state index in [9.17, 15) is 4.57 Å². The van der Waals surface area contributed by atoms with Crippen LogP contribution in [0.4, 0.5) is 11.4 Å². The number of aryl methyl sites for hydroxylation is 2. The summed E-state index contributed by atoms with van der Waals surface area (Å²) in [5.74, 6) is 1.97. The number of para-hydroxylation sites is 1. The van der Waals surface area contributed by atoms with Crippen LogP contribution in [-0.2, 0) is 9.98 Å². The molecule has 1 unspecified atom stereocenters. The number of anilines is 2. The zero-order valence-corrected chi connectivity index (χ0v) is 19.2. The Bertz CT molecular complexity index is 1160. The van der Waals surface area contributed by atoms with E-state index in [4.69, 9.17) is 0 Å². The predicted molar refractivity (Wildman–Crippen MR) is 129 cm³/mol. The molecule has 0 spiro atoms. The fraction of sp³-hybridized carbons (Fsp3) is 0.231. The van der Waals surface area contributed by atoms with Gasteiger partial charge in [-0.05, 0) is 60.9 Å². The van der Waals surface area contributed by atoms with Gasteiger partial charge in [0.2, 0.25) is 7.29 Å². The first-order chi connectivity index (χ1) is 14.2. The van der Waals surface area contributed by atoms with Crippen molar-refractivity contribution >= 4 is 24.0 Å². The Hall–Kier alpha value is -2.77. The number of hydrogen-bond acceptors (Lipinski definition) is 2. The van der Waals surface area contributed by atoms with E-state index in [1.165, 1.54) is 22.4 Å². The summed E-state index contributed by atoms with van der Waals surface area (Å²) < 4.78 is 14.5. The van der Waals surface area contributed by atoms with E-state index < -0.39 is 7.29 Å². The number of hydrogen-bond donors (Lipinski definition) is 1. The average Bonchev–Trinajstić information content (AvgIpc) is 2.92. The van der Waals surface area contributed by atoms with Gasteiger partial charge in [-0.15, -0.1) is 0 Å². The van der Waals surface area contributed by atoms with Gasteiger partial charge in [-0.25, -0.2) is 0 Å². The molecule has 0 aliphatic carbocycles. The molecule has 0 saturated carbocycles. The van der Waals surface area contributed by atoms with Gasteiger partial charge < -0.3 is 9.99 Å². The SMILES string of the molecule is Cc1ccc(NP(=O)(/C=C2\N(C)c3ccccc3C2(C)C)c2ccccc2)cc1C. The Morgan fingerprint density at radius 2 is 1.57 bits per heavy atom. The Balaban J connectivity index is 1.85. The second kappa shape index (κ2) is 7.49. The molecular formula is C26H29N2OP. The van der Waals surface area contributed by atoms with Crippen LogP contribution in [0.1, 0.15) is 30.5 Å². The highest BCUT2D eigenvalue weighted by Gasteiger charge is 2.40. The van der Waals surface area contributed by atoms with Gasteiger partial charge in [-0.3, -0.25) is 4.57 Å². The minimum atomic E-state index is -3.08. The lowest BCUT2D eigenvalue weighted by atomic mass is 9.84. The van der Waals surface area contributed by atoms with E-state index >= 15 is 0 Å². The maximum atomic E-state index is 14.5. The predicted octanol–water partition coefficient (Wildman–Crippen LogP) is 6.59. The topological polar surface area (TPSA) is 32.3 Å². The van der Waals surface area contributed by atoms with Crippen LogP contribution in [0.15, 0.2) is 84.3 Å². The fourth-order valence-electron chi connectivity index (χ4n) is 4.23. The zero-order chi connectivity index (χ0) is 21.5. The smallest absolute Gasteiger partial charge is 0.221 e. The lowest BCUT2D eigenvalue weighted by molar-refractivity contribution is 0.587. The summed E-state index contributed by atoms with van der Waals surface area (Å²) in [5.41, 5.74) is 6.51. The van der Waals surface area contributed by atoms with E-state index in [1.807, 2.05) is 42.2 Å². The summed E-state index contributed by atoms with van der Waals surface area (Å²) in [5, 5.41) is 4.21. The van der Waals surface area contributed by atoms with Crippen molar-refractivity contribution in [1.29, 1.82) is 0 Å². The third-order valence-corrected chi connectivity index (χ3v) is 8.45. The Labute approximate surface area is 179 Å². The number of nitrogens with one attached hydrogen (secondary N) is 1. The molecule has 4 rings (SSSR count). The van der Waals surface area contributed by atoms with Crippen molar-refractivity contribution in [1.82, 2.24) is 0 Å². The van der Waals surface area contributed by atoms with Gasteiger partial charge in [-0.2, -0.15) is 0 Å². The van der Waals surface area contributed by atoms with Crippen LogP contribution >= 0.6 is 7.29 Å². The molecule has 154 valence electrons. The summed E-state index contributed by atoms with van der Waals surface area (Å²) in [7, 11) is -1.02. The average molecular weight is 417 g/mol. The lowest BCUT2D eigenvalue weighted by Crippen LogP contribution is -2.24. The van der Waals surface area contributed by atoms with Crippen LogP contribution in [0.2, 0.25) is 0 Å². The van der Waals surface area contributed by atoms with E-state index in [0.717, 1.165) is 16.7 Å². The van der Waals surface area contributed by atoms with Gasteiger partial charge in [0.05, 0.1) is 0 Å². The van der Waals surface area contributed by atoms with Gasteiger partial charge in [0.1, 0.15) is 0 Å². The molecule has 0 aromatic heterocycles. The van der Waals surface area contributed by atoms with Crippen LogP contribution in [0, 0.1) is 13.8 Å². The molecule has 0 amide bonds. The Morgan fingerprint density at radius 3 is 2.23 bits per heavy atom. The van der Waals surface area contributed by atoms with Crippen molar-refractivity contribution in [3.8, 4) is 0 Å². The number of fused-ring (bicyclic) bond motifs is 1. The molecule has 1 aliphatic rings. The van der Waals surface area contributed by atoms with Gasteiger partial charge >= 0.3 is 0 Å². The third kappa shape index (κ3) is 3.48. The lowest BCUT2D eigenvalue weighted by Gasteiger charge is -2.27. The monoisotopic (exact) mass is 416 g/mol. The molecule has 0 fully saturated rings. The summed E-state index contributed by atoms with van der Waals surface area (Å²) >= 11 is 0. The summed E-state index contributed by atoms with van der Waals surface area (Å²) in [6.07, 6.45) is 0. The van der Waals surface area contributed by atoms with Gasteiger partial charge in [0, 0.05) is 40.7 Å². The molecule has 0 bridgehead atoms. The number of benzene rings is 3. The quantitative estimate of drug-likeness (QED) is 0.487. The summed E-state index contributed by atoms with van der Waals surface area (Å²) in [6.45, 7) is 8.57. The molecule has 1 N–H and O–H groups in total. The summed E-state index contributed by atoms with van der Waals surface area (Å²) in [4.78, 5) is 2.17. The molecule has 1 aliphatic heterocycles. The second-order valence-corrected chi connectivity index (χ2v) is 10.9.